The maximum absolute atomic E-state index is 13.0. The topological polar surface area (TPSA) is 64.8 Å². The highest BCUT2D eigenvalue weighted by atomic mass is 32.1. The highest BCUT2D eigenvalue weighted by molar-refractivity contribution is 7.10. The lowest BCUT2D eigenvalue weighted by Gasteiger charge is -2.30. The zero-order valence-electron chi connectivity index (χ0n) is 14.5. The number of hydrogen-bond acceptors (Lipinski definition) is 5. The Kier molecular flexibility index (Phi) is 4.80. The Labute approximate surface area is 161 Å². The second-order valence-electron chi connectivity index (χ2n) is 5.97. The summed E-state index contributed by atoms with van der Waals surface area (Å²) in [5.74, 6) is 1.41. The Morgan fingerprint density at radius 2 is 1.96 bits per heavy atom. The second-order valence-corrected chi connectivity index (χ2v) is 6.95. The van der Waals surface area contributed by atoms with Gasteiger partial charge in [0.05, 0.1) is 12.2 Å². The number of nitrogens with zero attached hydrogens (tertiary/aromatic N) is 1. The fourth-order valence-corrected chi connectivity index (χ4v) is 3.47. The molecule has 0 fully saturated rings. The smallest absolute Gasteiger partial charge is 0.294 e. The van der Waals surface area contributed by atoms with E-state index in [9.17, 15) is 4.79 Å². The van der Waals surface area contributed by atoms with E-state index in [4.69, 9.17) is 15.2 Å². The van der Waals surface area contributed by atoms with Crippen LogP contribution in [-0.2, 0) is 4.79 Å². The molecule has 2 heterocycles. The van der Waals surface area contributed by atoms with Gasteiger partial charge in [0.1, 0.15) is 12.4 Å². The van der Waals surface area contributed by atoms with Crippen molar-refractivity contribution in [2.75, 3.05) is 23.8 Å². The third kappa shape index (κ3) is 3.80. The first-order valence-corrected chi connectivity index (χ1v) is 9.41. The van der Waals surface area contributed by atoms with Crippen LogP contribution in [0.15, 0.2) is 71.8 Å². The standard InChI is InChI=1S/C21H18N2O3S/c22-15-8-9-18-19(13-15)26-20(14-17-7-4-12-27-17)21(24)23(18)10-11-25-16-5-2-1-3-6-16/h1-9,12-14H,10-11,22H2/b20-14+. The van der Waals surface area contributed by atoms with Gasteiger partial charge in [0.25, 0.3) is 5.91 Å². The van der Waals surface area contributed by atoms with Gasteiger partial charge in [0.15, 0.2) is 11.5 Å². The van der Waals surface area contributed by atoms with Crippen LogP contribution in [0.4, 0.5) is 11.4 Å². The van der Waals surface area contributed by atoms with Crippen molar-refractivity contribution in [3.63, 3.8) is 0 Å². The second kappa shape index (κ2) is 7.55. The van der Waals surface area contributed by atoms with Crippen molar-refractivity contribution in [3.05, 3.63) is 76.7 Å². The highest BCUT2D eigenvalue weighted by Gasteiger charge is 2.30. The molecule has 27 heavy (non-hydrogen) atoms. The molecule has 1 aromatic heterocycles. The first-order chi connectivity index (χ1) is 13.2. The Balaban J connectivity index is 1.59. The number of carbonyl (C=O) groups excluding carboxylic acids is 1. The third-order valence-electron chi connectivity index (χ3n) is 4.09. The van der Waals surface area contributed by atoms with E-state index in [1.54, 1.807) is 40.5 Å². The average Bonchev–Trinajstić information content (AvgIpc) is 3.18. The molecule has 0 spiro atoms. The molecule has 6 heteroatoms. The molecule has 0 aliphatic carbocycles. The van der Waals surface area contributed by atoms with Gasteiger partial charge in [0.2, 0.25) is 0 Å². The summed E-state index contributed by atoms with van der Waals surface area (Å²) in [6.45, 7) is 0.766. The molecule has 0 bridgehead atoms. The van der Waals surface area contributed by atoms with Gasteiger partial charge in [-0.25, -0.2) is 0 Å². The maximum Gasteiger partial charge on any atom is 0.294 e. The van der Waals surface area contributed by atoms with Crippen molar-refractivity contribution in [1.29, 1.82) is 0 Å². The van der Waals surface area contributed by atoms with Crippen molar-refractivity contribution in [1.82, 2.24) is 0 Å². The van der Waals surface area contributed by atoms with Crippen LogP contribution in [0.25, 0.3) is 6.08 Å². The number of hydrogen-bond donors (Lipinski definition) is 1. The number of ether oxygens (including phenoxy) is 2. The number of amides is 1. The molecule has 0 radical (unpaired) electrons. The number of thiophene rings is 1. The lowest BCUT2D eigenvalue weighted by molar-refractivity contribution is -0.117. The van der Waals surface area contributed by atoms with Crippen molar-refractivity contribution < 1.29 is 14.3 Å². The van der Waals surface area contributed by atoms with Crippen LogP contribution in [0.1, 0.15) is 4.88 Å². The largest absolute Gasteiger partial charge is 0.492 e. The molecular formula is C21H18N2O3S. The minimum absolute atomic E-state index is 0.197. The predicted octanol–water partition coefficient (Wildman–Crippen LogP) is 4.18. The molecule has 1 aliphatic heterocycles. The van der Waals surface area contributed by atoms with Gasteiger partial charge in [-0.05, 0) is 35.7 Å². The summed E-state index contributed by atoms with van der Waals surface area (Å²) >= 11 is 1.54. The van der Waals surface area contributed by atoms with Crippen molar-refractivity contribution >= 4 is 34.7 Å². The van der Waals surface area contributed by atoms with Crippen LogP contribution in [0, 0.1) is 0 Å². The number of para-hydroxylation sites is 1. The van der Waals surface area contributed by atoms with Crippen molar-refractivity contribution in [2.24, 2.45) is 0 Å². The molecule has 0 atom stereocenters. The van der Waals surface area contributed by atoms with Crippen molar-refractivity contribution in [2.45, 2.75) is 0 Å². The molecule has 2 aromatic carbocycles. The Morgan fingerprint density at radius 3 is 2.74 bits per heavy atom. The lowest BCUT2D eigenvalue weighted by atomic mass is 10.2. The van der Waals surface area contributed by atoms with Crippen LogP contribution in [0.5, 0.6) is 11.5 Å². The van der Waals surface area contributed by atoms with E-state index in [0.717, 1.165) is 10.6 Å². The Bertz CT molecular complexity index is 968. The average molecular weight is 378 g/mol. The van der Waals surface area contributed by atoms with E-state index >= 15 is 0 Å². The summed E-state index contributed by atoms with van der Waals surface area (Å²) in [4.78, 5) is 15.6. The van der Waals surface area contributed by atoms with E-state index in [0.29, 0.717) is 30.3 Å². The first kappa shape index (κ1) is 17.2. The molecule has 2 N–H and O–H groups in total. The van der Waals surface area contributed by atoms with Gasteiger partial charge in [-0.2, -0.15) is 0 Å². The van der Waals surface area contributed by atoms with Crippen LogP contribution >= 0.6 is 11.3 Å². The molecular weight excluding hydrogens is 360 g/mol. The zero-order valence-corrected chi connectivity index (χ0v) is 15.3. The number of rotatable bonds is 5. The lowest BCUT2D eigenvalue weighted by Crippen LogP contribution is -2.40. The van der Waals surface area contributed by atoms with Gasteiger partial charge in [-0.15, -0.1) is 11.3 Å². The minimum atomic E-state index is -0.197. The fourth-order valence-electron chi connectivity index (χ4n) is 2.83. The highest BCUT2D eigenvalue weighted by Crippen LogP contribution is 2.37. The summed E-state index contributed by atoms with van der Waals surface area (Å²) in [5, 5.41) is 1.96. The van der Waals surface area contributed by atoms with E-state index < -0.39 is 0 Å². The van der Waals surface area contributed by atoms with Gasteiger partial charge < -0.3 is 15.2 Å². The molecule has 3 aromatic rings. The predicted molar refractivity (Wildman–Crippen MR) is 108 cm³/mol. The molecule has 4 rings (SSSR count). The number of carbonyl (C=O) groups is 1. The molecule has 0 unspecified atom stereocenters. The van der Waals surface area contributed by atoms with Gasteiger partial charge in [-0.3, -0.25) is 9.69 Å². The summed E-state index contributed by atoms with van der Waals surface area (Å²) < 4.78 is 11.6. The van der Waals surface area contributed by atoms with Crippen LogP contribution < -0.4 is 20.1 Å². The van der Waals surface area contributed by atoms with Crippen LogP contribution in [0.3, 0.4) is 0 Å². The van der Waals surface area contributed by atoms with E-state index in [2.05, 4.69) is 0 Å². The number of nitrogen functional groups attached to an aromatic ring is 1. The number of benzene rings is 2. The molecule has 0 saturated heterocycles. The van der Waals surface area contributed by atoms with Crippen molar-refractivity contribution in [3.8, 4) is 11.5 Å². The molecule has 5 nitrogen and oxygen atoms in total. The fraction of sp³-hybridized carbons (Fsp3) is 0.0952. The Hall–Kier alpha value is -3.25. The zero-order chi connectivity index (χ0) is 18.6. The Morgan fingerprint density at radius 1 is 1.11 bits per heavy atom. The van der Waals surface area contributed by atoms with Gasteiger partial charge >= 0.3 is 0 Å². The third-order valence-corrected chi connectivity index (χ3v) is 4.91. The van der Waals surface area contributed by atoms with Gasteiger partial charge in [-0.1, -0.05) is 24.3 Å². The SMILES string of the molecule is Nc1ccc2c(c1)O/C(=C/c1cccs1)C(=O)N2CCOc1ccccc1. The monoisotopic (exact) mass is 378 g/mol. The summed E-state index contributed by atoms with van der Waals surface area (Å²) in [6.07, 6.45) is 1.75. The van der Waals surface area contributed by atoms with E-state index in [-0.39, 0.29) is 11.7 Å². The van der Waals surface area contributed by atoms with Gasteiger partial charge in [0, 0.05) is 22.7 Å². The minimum Gasteiger partial charge on any atom is -0.492 e. The number of fused-ring (bicyclic) bond motifs is 1. The molecule has 136 valence electrons. The van der Waals surface area contributed by atoms with Crippen LogP contribution in [0.2, 0.25) is 0 Å². The summed E-state index contributed by atoms with van der Waals surface area (Å²) in [7, 11) is 0. The van der Waals surface area contributed by atoms with Crippen LogP contribution in [-0.4, -0.2) is 19.1 Å². The molecule has 0 saturated carbocycles. The summed E-state index contributed by atoms with van der Waals surface area (Å²) in [5.41, 5.74) is 7.17. The van der Waals surface area contributed by atoms with E-state index in [1.807, 2.05) is 47.8 Å². The molecule has 1 amide bonds. The number of anilines is 2. The maximum atomic E-state index is 13.0. The normalized spacial score (nSPS) is 14.7. The number of nitrogens with two attached hydrogens (primary N) is 1. The molecule has 1 aliphatic rings. The van der Waals surface area contributed by atoms with E-state index in [1.165, 1.54) is 0 Å². The first-order valence-electron chi connectivity index (χ1n) is 8.53. The summed E-state index contributed by atoms with van der Waals surface area (Å²) in [6, 6.07) is 18.7. The quantitative estimate of drug-likeness (QED) is 0.534.